The Hall–Kier alpha value is -3.58. The summed E-state index contributed by atoms with van der Waals surface area (Å²) >= 11 is 1.43. The lowest BCUT2D eigenvalue weighted by atomic mass is 9.99. The average molecular weight is 433 g/mol. The zero-order valence-electron chi connectivity index (χ0n) is 16.9. The van der Waals surface area contributed by atoms with Gasteiger partial charge in [0.1, 0.15) is 11.8 Å². The van der Waals surface area contributed by atoms with Crippen molar-refractivity contribution >= 4 is 34.5 Å². The van der Waals surface area contributed by atoms with Crippen LogP contribution in [0.5, 0.6) is 11.5 Å². The lowest BCUT2D eigenvalue weighted by Crippen LogP contribution is -2.29. The van der Waals surface area contributed by atoms with Crippen LogP contribution < -0.4 is 14.4 Å². The van der Waals surface area contributed by atoms with Crippen LogP contribution in [-0.4, -0.2) is 23.6 Å². The number of anilines is 1. The number of rotatable bonds is 3. The highest BCUT2D eigenvalue weighted by Gasteiger charge is 2.47. The van der Waals surface area contributed by atoms with Crippen molar-refractivity contribution < 1.29 is 24.2 Å². The van der Waals surface area contributed by atoms with Crippen LogP contribution in [0.4, 0.5) is 5.69 Å². The van der Waals surface area contributed by atoms with Gasteiger partial charge < -0.3 is 14.6 Å². The number of thiophene rings is 1. The zero-order chi connectivity index (χ0) is 21.7. The minimum atomic E-state index is -0.717. The Balaban J connectivity index is 1.71. The number of aliphatic hydroxyl groups is 1. The Labute approximate surface area is 183 Å². The summed E-state index contributed by atoms with van der Waals surface area (Å²) in [6, 6.07) is 13.7. The lowest BCUT2D eigenvalue weighted by molar-refractivity contribution is -0.132. The van der Waals surface area contributed by atoms with E-state index in [1.807, 2.05) is 49.6 Å². The van der Waals surface area contributed by atoms with Crippen LogP contribution in [0.15, 0.2) is 59.5 Å². The van der Waals surface area contributed by atoms with E-state index in [0.717, 1.165) is 16.0 Å². The van der Waals surface area contributed by atoms with Gasteiger partial charge in [0.25, 0.3) is 11.7 Å². The second kappa shape index (κ2) is 7.28. The van der Waals surface area contributed by atoms with Gasteiger partial charge in [0, 0.05) is 16.1 Å². The summed E-state index contributed by atoms with van der Waals surface area (Å²) in [4.78, 5) is 28.7. The first-order chi connectivity index (χ1) is 15.0. The zero-order valence-corrected chi connectivity index (χ0v) is 17.7. The van der Waals surface area contributed by atoms with Crippen LogP contribution in [0.3, 0.4) is 0 Å². The first kappa shape index (κ1) is 19.4. The van der Waals surface area contributed by atoms with Crippen molar-refractivity contribution in [2.24, 2.45) is 0 Å². The second-order valence-electron chi connectivity index (χ2n) is 7.54. The normalized spacial score (nSPS) is 19.3. The maximum Gasteiger partial charge on any atom is 0.300 e. The van der Waals surface area contributed by atoms with Crippen LogP contribution in [0.1, 0.15) is 27.6 Å². The number of ketones is 1. The lowest BCUT2D eigenvalue weighted by Gasteiger charge is -2.26. The minimum absolute atomic E-state index is 0.0622. The predicted octanol–water partition coefficient (Wildman–Crippen LogP) is 4.72. The molecule has 0 bridgehead atoms. The van der Waals surface area contributed by atoms with Crippen LogP contribution in [0.25, 0.3) is 5.76 Å². The largest absolute Gasteiger partial charge is 0.507 e. The molecule has 1 atom stereocenters. The molecule has 0 radical (unpaired) electrons. The van der Waals surface area contributed by atoms with Crippen molar-refractivity contribution in [1.82, 2.24) is 0 Å². The number of benzene rings is 2. The molecule has 1 unspecified atom stereocenters. The van der Waals surface area contributed by atoms with E-state index in [-0.39, 0.29) is 18.1 Å². The van der Waals surface area contributed by atoms with Crippen LogP contribution in [0.2, 0.25) is 0 Å². The molecule has 7 heteroatoms. The molecule has 1 N–H and O–H groups in total. The number of carbonyl (C=O) groups is 2. The first-order valence-corrected chi connectivity index (χ1v) is 10.7. The highest BCUT2D eigenvalue weighted by molar-refractivity contribution is 7.10. The average Bonchev–Trinajstić information content (AvgIpc) is 3.50. The molecular formula is C24H19NO5S. The molecule has 1 amide bonds. The minimum Gasteiger partial charge on any atom is -0.507 e. The number of Topliss-reactive ketones (excluding diaryl/α,β-unsaturated/α-hetero) is 1. The summed E-state index contributed by atoms with van der Waals surface area (Å²) in [6.45, 7) is 3.94. The monoisotopic (exact) mass is 433 g/mol. The standard InChI is InChI=1S/C24H19NO5S/c1-13-5-6-14(2)16(10-13)25-21(19-4-3-9-31-19)20(23(27)24(25)28)22(26)15-7-8-17-18(11-15)30-12-29-17/h3-11,21,26H,12H2,1-2H3/b22-20-. The summed E-state index contributed by atoms with van der Waals surface area (Å²) < 4.78 is 10.7. The Morgan fingerprint density at radius 1 is 1.06 bits per heavy atom. The van der Waals surface area contributed by atoms with E-state index in [0.29, 0.717) is 22.7 Å². The van der Waals surface area contributed by atoms with Crippen LogP contribution in [-0.2, 0) is 9.59 Å². The van der Waals surface area contributed by atoms with Gasteiger partial charge in [-0.25, -0.2) is 0 Å². The molecule has 0 aliphatic carbocycles. The van der Waals surface area contributed by atoms with Crippen molar-refractivity contribution in [1.29, 1.82) is 0 Å². The Kier molecular flexibility index (Phi) is 4.55. The topological polar surface area (TPSA) is 76.1 Å². The SMILES string of the molecule is Cc1ccc(C)c(N2C(=O)C(=O)/C(=C(\O)c3ccc4c(c3)OCO4)C2c2cccs2)c1. The summed E-state index contributed by atoms with van der Waals surface area (Å²) in [6.07, 6.45) is 0. The highest BCUT2D eigenvalue weighted by atomic mass is 32.1. The molecule has 3 aromatic rings. The van der Waals surface area contributed by atoms with E-state index in [4.69, 9.17) is 9.47 Å². The molecule has 2 aliphatic rings. The van der Waals surface area contributed by atoms with Gasteiger partial charge in [-0.15, -0.1) is 11.3 Å². The fourth-order valence-electron chi connectivity index (χ4n) is 3.98. The van der Waals surface area contributed by atoms with Crippen LogP contribution >= 0.6 is 11.3 Å². The van der Waals surface area contributed by atoms with E-state index in [1.54, 1.807) is 18.2 Å². The van der Waals surface area contributed by atoms with E-state index >= 15 is 0 Å². The molecule has 1 aromatic heterocycles. The third-order valence-electron chi connectivity index (χ3n) is 5.53. The third-order valence-corrected chi connectivity index (χ3v) is 6.45. The van der Waals surface area contributed by atoms with E-state index in [9.17, 15) is 14.7 Å². The Morgan fingerprint density at radius 2 is 1.87 bits per heavy atom. The maximum absolute atomic E-state index is 13.2. The van der Waals surface area contributed by atoms with Gasteiger partial charge >= 0.3 is 0 Å². The Bertz CT molecular complexity index is 1240. The molecule has 0 spiro atoms. The molecule has 3 heterocycles. The number of ether oxygens (including phenoxy) is 2. The molecule has 31 heavy (non-hydrogen) atoms. The smallest absolute Gasteiger partial charge is 0.300 e. The van der Waals surface area contributed by atoms with E-state index in [2.05, 4.69) is 0 Å². The number of aliphatic hydroxyl groups excluding tert-OH is 1. The molecule has 6 nitrogen and oxygen atoms in total. The number of amides is 1. The van der Waals surface area contributed by atoms with E-state index in [1.165, 1.54) is 16.2 Å². The number of fused-ring (bicyclic) bond motifs is 1. The molecule has 2 aliphatic heterocycles. The van der Waals surface area contributed by atoms with Gasteiger partial charge in [0.2, 0.25) is 6.79 Å². The van der Waals surface area contributed by atoms with Crippen molar-refractivity contribution in [3.05, 3.63) is 81.1 Å². The predicted molar refractivity (Wildman–Crippen MR) is 118 cm³/mol. The molecule has 5 rings (SSSR count). The summed E-state index contributed by atoms with van der Waals surface area (Å²) in [5.74, 6) is -0.547. The first-order valence-electron chi connectivity index (χ1n) is 9.77. The van der Waals surface area contributed by atoms with Gasteiger partial charge in [0.05, 0.1) is 5.57 Å². The molecule has 0 saturated carbocycles. The number of nitrogens with zero attached hydrogens (tertiary/aromatic N) is 1. The number of aryl methyl sites for hydroxylation is 2. The van der Waals surface area contributed by atoms with Gasteiger partial charge in [-0.2, -0.15) is 0 Å². The summed E-state index contributed by atoms with van der Waals surface area (Å²) in [5, 5.41) is 13.1. The highest BCUT2D eigenvalue weighted by Crippen LogP contribution is 2.45. The van der Waals surface area contributed by atoms with Crippen LogP contribution in [0, 0.1) is 13.8 Å². The number of carbonyl (C=O) groups excluding carboxylic acids is 2. The molecule has 1 fully saturated rings. The molecule has 2 aromatic carbocycles. The van der Waals surface area contributed by atoms with E-state index < -0.39 is 17.7 Å². The van der Waals surface area contributed by atoms with Crippen molar-refractivity contribution in [2.75, 3.05) is 11.7 Å². The van der Waals surface area contributed by atoms with Gasteiger partial charge in [0.15, 0.2) is 11.5 Å². The van der Waals surface area contributed by atoms with Gasteiger partial charge in [-0.1, -0.05) is 18.2 Å². The third kappa shape index (κ3) is 3.09. The maximum atomic E-state index is 13.2. The van der Waals surface area contributed by atoms with Crippen molar-refractivity contribution in [3.8, 4) is 11.5 Å². The summed E-state index contributed by atoms with van der Waals surface area (Å²) in [7, 11) is 0. The van der Waals surface area contributed by atoms with Crippen molar-refractivity contribution in [3.63, 3.8) is 0 Å². The number of hydrogen-bond donors (Lipinski definition) is 1. The number of hydrogen-bond acceptors (Lipinski definition) is 6. The van der Waals surface area contributed by atoms with Gasteiger partial charge in [-0.3, -0.25) is 14.5 Å². The Morgan fingerprint density at radius 3 is 2.65 bits per heavy atom. The van der Waals surface area contributed by atoms with Crippen molar-refractivity contribution in [2.45, 2.75) is 19.9 Å². The quantitative estimate of drug-likeness (QED) is 0.367. The molecule has 1 saturated heterocycles. The fourth-order valence-corrected chi connectivity index (χ4v) is 4.80. The second-order valence-corrected chi connectivity index (χ2v) is 8.52. The van der Waals surface area contributed by atoms with Gasteiger partial charge in [-0.05, 0) is 60.7 Å². The fraction of sp³-hybridized carbons (Fsp3) is 0.167. The molecular weight excluding hydrogens is 414 g/mol. The summed E-state index contributed by atoms with van der Waals surface area (Å²) in [5.41, 5.74) is 2.96. The molecule has 156 valence electrons.